The van der Waals surface area contributed by atoms with E-state index in [2.05, 4.69) is 31.9 Å². The van der Waals surface area contributed by atoms with E-state index in [0.717, 1.165) is 32.1 Å². The van der Waals surface area contributed by atoms with Gasteiger partial charge in [-0.15, -0.1) is 0 Å². The van der Waals surface area contributed by atoms with E-state index in [1.54, 1.807) is 6.20 Å². The molecule has 4 rings (SSSR count). The van der Waals surface area contributed by atoms with Crippen LogP contribution in [0, 0.1) is 5.41 Å². The molecule has 18 N–H and O–H groups in total. The predicted octanol–water partition coefficient (Wildman–Crippen LogP) is -5.02. The molecule has 0 radical (unpaired) electrons. The Labute approximate surface area is 638 Å². The highest BCUT2D eigenvalue weighted by Gasteiger charge is 2.39. The average molecular weight is 1600 g/mol. The van der Waals surface area contributed by atoms with Crippen LogP contribution in [-0.2, 0) is 109 Å². The molecule has 4 fully saturated rings. The lowest BCUT2D eigenvalue weighted by Gasteiger charge is -2.35. The second kappa shape index (κ2) is 62.1. The summed E-state index contributed by atoms with van der Waals surface area (Å²) in [6.07, 6.45) is -2.84. The third-order valence-corrected chi connectivity index (χ3v) is 17.6. The van der Waals surface area contributed by atoms with Crippen LogP contribution in [0.5, 0.6) is 0 Å². The lowest BCUT2D eigenvalue weighted by Crippen LogP contribution is -2.54. The summed E-state index contributed by atoms with van der Waals surface area (Å²) in [5, 5.41) is 112. The number of aliphatic hydroxyl groups is 9. The van der Waals surface area contributed by atoms with Gasteiger partial charge in [0.1, 0.15) is 80.6 Å². The molecule has 5 amide bonds. The zero-order valence-corrected chi connectivity index (χ0v) is 63.5. The van der Waals surface area contributed by atoms with Crippen LogP contribution >= 0.6 is 9.03 Å². The van der Waals surface area contributed by atoms with Gasteiger partial charge < -0.3 is 168 Å². The van der Waals surface area contributed by atoms with Gasteiger partial charge in [0.05, 0.1) is 176 Å². The first-order valence-electron chi connectivity index (χ1n) is 37.6. The summed E-state index contributed by atoms with van der Waals surface area (Å²) in [4.78, 5) is 66.9. The van der Waals surface area contributed by atoms with E-state index >= 15 is 0 Å². The molecule has 0 spiro atoms. The first kappa shape index (κ1) is 97.1. The molecule has 0 bridgehead atoms. The molecule has 40 nitrogen and oxygen atoms in total. The summed E-state index contributed by atoms with van der Waals surface area (Å²) < 4.78 is 99.7. The topological polar surface area (TPSA) is 556 Å². The summed E-state index contributed by atoms with van der Waals surface area (Å²) in [6.45, 7) is 2.36. The van der Waals surface area contributed by atoms with Crippen molar-refractivity contribution in [2.75, 3.05) is 191 Å². The van der Waals surface area contributed by atoms with Crippen molar-refractivity contribution in [3.05, 3.63) is 12.3 Å². The molecular formula is C68H125N8O32P. The van der Waals surface area contributed by atoms with Crippen LogP contribution in [0.4, 0.5) is 0 Å². The molecule has 4 saturated heterocycles. The van der Waals surface area contributed by atoms with Crippen molar-refractivity contribution in [3.8, 4) is 0 Å². The van der Waals surface area contributed by atoms with Gasteiger partial charge in [0.15, 0.2) is 27.9 Å². The Morgan fingerprint density at radius 2 is 0.826 bits per heavy atom. The first-order chi connectivity index (χ1) is 52.9. The fourth-order valence-corrected chi connectivity index (χ4v) is 11.6. The third-order valence-electron chi connectivity index (χ3n) is 17.0. The lowest BCUT2D eigenvalue weighted by molar-refractivity contribution is -0.259. The van der Waals surface area contributed by atoms with Gasteiger partial charge in [0.2, 0.25) is 29.5 Å². The van der Waals surface area contributed by atoms with E-state index in [1.165, 1.54) is 6.08 Å². The molecule has 2 unspecified atom stereocenters. The number of carbonyl (C=O) groups excluding carboxylic acids is 5. The van der Waals surface area contributed by atoms with Gasteiger partial charge in [-0.25, -0.2) is 0 Å². The van der Waals surface area contributed by atoms with Crippen LogP contribution in [0.1, 0.15) is 96.3 Å². The van der Waals surface area contributed by atoms with E-state index in [1.807, 2.05) is 0 Å². The van der Waals surface area contributed by atoms with Crippen molar-refractivity contribution < 1.29 is 155 Å². The molecule has 4 heterocycles. The summed E-state index contributed by atoms with van der Waals surface area (Å²) in [6, 6.07) is -2.17. The number of ether oxygens (including phenoxy) is 16. The second-order valence-electron chi connectivity index (χ2n) is 25.8. The summed E-state index contributed by atoms with van der Waals surface area (Å²) >= 11 is 0. The molecule has 0 aromatic heterocycles. The summed E-state index contributed by atoms with van der Waals surface area (Å²) in [5.74, 6) is -2.52. The number of nitrogens with two attached hydrogens (primary N) is 1. The molecule has 0 aliphatic carbocycles. The monoisotopic (exact) mass is 1600 g/mol. The van der Waals surface area contributed by atoms with Crippen molar-refractivity contribution >= 4 is 44.4 Å². The Bertz CT molecular complexity index is 2420. The van der Waals surface area contributed by atoms with Gasteiger partial charge in [-0.05, 0) is 70.3 Å². The highest BCUT2D eigenvalue weighted by Crippen LogP contribution is 2.25. The Morgan fingerprint density at radius 3 is 1.26 bits per heavy atom. The maximum absolute atomic E-state index is 14.3. The molecule has 109 heavy (non-hydrogen) atoms. The summed E-state index contributed by atoms with van der Waals surface area (Å²) in [7, 11) is -0.155. The molecule has 4 aliphatic heterocycles. The number of carbonyl (C=O) groups is 5. The Hall–Kier alpha value is -4.29. The molecular weight excluding hydrogens is 1470 g/mol. The zero-order chi connectivity index (χ0) is 78.9. The molecule has 0 aromatic carbocycles. The van der Waals surface area contributed by atoms with Crippen LogP contribution in [0.3, 0.4) is 0 Å². The Kier molecular flexibility index (Phi) is 55.3. The number of amides is 5. The molecule has 4 aliphatic rings. The maximum atomic E-state index is 14.3. The number of amidine groups is 1. The van der Waals surface area contributed by atoms with Crippen LogP contribution < -0.4 is 37.6 Å². The van der Waals surface area contributed by atoms with Crippen molar-refractivity contribution in [1.29, 1.82) is 5.41 Å². The van der Waals surface area contributed by atoms with Crippen molar-refractivity contribution in [2.45, 2.75) is 195 Å². The minimum atomic E-state index is -1.22. The Balaban J connectivity index is 1.20. The third kappa shape index (κ3) is 46.0. The van der Waals surface area contributed by atoms with Crippen LogP contribution in [0.25, 0.3) is 0 Å². The van der Waals surface area contributed by atoms with Gasteiger partial charge in [0, 0.05) is 45.1 Å². The van der Waals surface area contributed by atoms with Gasteiger partial charge >= 0.3 is 0 Å². The summed E-state index contributed by atoms with van der Waals surface area (Å²) in [5.41, 5.74) is 5.35. The standard InChI is InChI=1S/C68H125N8O32P/c69-56(70)13-17-73-60-12-11-47(105-60)43-104-109-103-18-8-2-1-5-16-74-67(89)48(9-3-6-14-71-57(83)44-97-28-25-91-19-22-94-31-34-100-61-37-50(80)64(86)53(40-77)106-61)76-68(90)49(75-59(85)46-99-30-27-93-21-24-96-33-36-102-63-39-52(82)66(88)55(42-79)108-63)10-4-7-15-72-58(84)45-98-29-26-92-20-23-95-32-35-101-62-38-51(81)65(87)54(41-78)107-62/h13,17,47-55,60-66,73,77-82,86-88,109H,1-12,14-16,18-46H2,(H3,69,70)(H,71,83)(H,72,84)(H,74,89)(H,75,85)(H,76,90)/b17-13-/t47-,48?,49-,50+,51+,52+,53+,54+,55+,60+,61+,62+,63+,64+,65+,66+/m0/s1. The van der Waals surface area contributed by atoms with E-state index in [-0.39, 0.29) is 216 Å². The maximum Gasteiger partial charge on any atom is 0.246 e. The van der Waals surface area contributed by atoms with E-state index in [0.29, 0.717) is 51.9 Å². The van der Waals surface area contributed by atoms with Crippen molar-refractivity contribution in [1.82, 2.24) is 31.9 Å². The van der Waals surface area contributed by atoms with Crippen molar-refractivity contribution in [3.63, 3.8) is 0 Å². The van der Waals surface area contributed by atoms with Crippen molar-refractivity contribution in [2.24, 2.45) is 5.73 Å². The Morgan fingerprint density at radius 1 is 0.440 bits per heavy atom. The number of rotatable bonds is 67. The molecule has 41 heteroatoms. The number of hydrogen-bond acceptors (Lipinski definition) is 34. The smallest absolute Gasteiger partial charge is 0.246 e. The normalized spacial score (nSPS) is 25.0. The van der Waals surface area contributed by atoms with Crippen LogP contribution in [-0.4, -0.2) is 371 Å². The zero-order valence-electron chi connectivity index (χ0n) is 62.5. The van der Waals surface area contributed by atoms with Gasteiger partial charge in [-0.3, -0.25) is 29.4 Å². The quantitative estimate of drug-likeness (QED) is 0.0117. The van der Waals surface area contributed by atoms with Crippen LogP contribution in [0.2, 0.25) is 0 Å². The minimum absolute atomic E-state index is 0.0152. The number of nitrogens with one attached hydrogen (secondary N) is 7. The fourth-order valence-electron chi connectivity index (χ4n) is 11.0. The molecule has 634 valence electrons. The van der Waals surface area contributed by atoms with E-state index in [4.69, 9.17) is 96.0 Å². The largest absolute Gasteiger partial charge is 0.394 e. The predicted molar refractivity (Wildman–Crippen MR) is 384 cm³/mol. The van der Waals surface area contributed by atoms with Gasteiger partial charge in [0.25, 0.3) is 0 Å². The average Bonchev–Trinajstić information content (AvgIpc) is 1.36. The molecule has 0 saturated carbocycles. The van der Waals surface area contributed by atoms with Crippen LogP contribution in [0.15, 0.2) is 12.3 Å². The fraction of sp³-hybridized carbons (Fsp3) is 0.882. The first-order valence-corrected chi connectivity index (χ1v) is 38.5. The SMILES string of the molecule is N=C(N)/C=C\N[C@H]1CC[C@@H](COPOCCCCCCNC(=O)C(CCCCNC(=O)COCCOCCOCCO[C@H]2C[C@@H](O)[C@@H](O)[C@@H](CO)O2)NC(=O)[C@H](CCCCNC(=O)COCCOCCOCCO[C@H]2C[C@@H](O)[C@@H](O)[C@@H](CO)O2)NC(=O)COCCOCCOCCO[C@H]2C[C@@H](O)[C@@H](O)[C@@H](CO)O2)O1. The van der Waals surface area contributed by atoms with Gasteiger partial charge in [-0.1, -0.05) is 12.8 Å². The lowest BCUT2D eigenvalue weighted by atomic mass is 10.0. The van der Waals surface area contributed by atoms with Gasteiger partial charge in [-0.2, -0.15) is 0 Å². The number of aliphatic hydroxyl groups excluding tert-OH is 9. The minimum Gasteiger partial charge on any atom is -0.394 e. The number of unbranched alkanes of at least 4 members (excludes halogenated alkanes) is 5. The highest BCUT2D eigenvalue weighted by atomic mass is 31.1. The number of hydrogen-bond donors (Lipinski definition) is 17. The molecule has 0 aromatic rings. The molecule has 17 atom stereocenters. The van der Waals surface area contributed by atoms with E-state index in [9.17, 15) is 69.9 Å². The highest BCUT2D eigenvalue weighted by molar-refractivity contribution is 7.26. The van der Waals surface area contributed by atoms with E-state index < -0.39 is 130 Å². The second-order valence-corrected chi connectivity index (χ2v) is 26.5.